The van der Waals surface area contributed by atoms with E-state index in [1.165, 1.54) is 6.92 Å². The van der Waals surface area contributed by atoms with Gasteiger partial charge in [0.2, 0.25) is 5.91 Å². The van der Waals surface area contributed by atoms with Gasteiger partial charge in [0, 0.05) is 24.7 Å². The zero-order chi connectivity index (χ0) is 15.1. The van der Waals surface area contributed by atoms with Crippen molar-refractivity contribution in [2.45, 2.75) is 58.7 Å². The average Bonchev–Trinajstić information content (AvgIpc) is 2.44. The largest absolute Gasteiger partial charge is 0.387 e. The minimum absolute atomic E-state index is 0.0385. The number of amides is 1. The van der Waals surface area contributed by atoms with Crippen LogP contribution in [-0.2, 0) is 4.79 Å². The zero-order valence-electron chi connectivity index (χ0n) is 12.8. The van der Waals surface area contributed by atoms with Gasteiger partial charge in [0.15, 0.2) is 0 Å². The van der Waals surface area contributed by atoms with Gasteiger partial charge < -0.3 is 15.7 Å². The summed E-state index contributed by atoms with van der Waals surface area (Å²) >= 11 is 0. The van der Waals surface area contributed by atoms with Crippen LogP contribution in [0.1, 0.15) is 52.2 Å². The number of rotatable bonds is 7. The SMILES string of the molecule is CCC(C)NC(CC)C(O)c1ccc(NC(C)=O)cc1. The number of carbonyl (C=O) groups excluding carboxylic acids is 1. The monoisotopic (exact) mass is 278 g/mol. The fourth-order valence-corrected chi connectivity index (χ4v) is 2.11. The van der Waals surface area contributed by atoms with Crippen LogP contribution >= 0.6 is 0 Å². The maximum atomic E-state index is 11.0. The molecule has 0 bridgehead atoms. The lowest BCUT2D eigenvalue weighted by atomic mass is 9.99. The second kappa shape index (κ2) is 8.02. The molecule has 0 aliphatic heterocycles. The normalized spacial score (nSPS) is 15.4. The standard InChI is InChI=1S/C16H26N2O2/c1-5-11(3)17-15(6-2)16(20)13-7-9-14(10-8-13)18-12(4)19/h7-11,15-17,20H,5-6H2,1-4H3,(H,18,19). The third-order valence-corrected chi connectivity index (χ3v) is 3.50. The van der Waals surface area contributed by atoms with Gasteiger partial charge in [-0.1, -0.05) is 26.0 Å². The van der Waals surface area contributed by atoms with Crippen molar-refractivity contribution in [3.05, 3.63) is 29.8 Å². The van der Waals surface area contributed by atoms with Gasteiger partial charge in [0.25, 0.3) is 0 Å². The number of hydrogen-bond donors (Lipinski definition) is 3. The van der Waals surface area contributed by atoms with Crippen molar-refractivity contribution in [2.24, 2.45) is 0 Å². The molecule has 3 N–H and O–H groups in total. The Balaban J connectivity index is 2.74. The summed E-state index contributed by atoms with van der Waals surface area (Å²) in [5.41, 5.74) is 1.61. The molecular formula is C16H26N2O2. The molecule has 1 aromatic carbocycles. The van der Waals surface area contributed by atoms with Crippen LogP contribution in [0.25, 0.3) is 0 Å². The van der Waals surface area contributed by atoms with E-state index in [1.807, 2.05) is 24.3 Å². The quantitative estimate of drug-likeness (QED) is 0.718. The van der Waals surface area contributed by atoms with Crippen molar-refractivity contribution >= 4 is 11.6 Å². The lowest BCUT2D eigenvalue weighted by Gasteiger charge is -2.26. The summed E-state index contributed by atoms with van der Waals surface area (Å²) in [7, 11) is 0. The Hall–Kier alpha value is -1.39. The van der Waals surface area contributed by atoms with E-state index in [0.29, 0.717) is 6.04 Å². The fourth-order valence-electron chi connectivity index (χ4n) is 2.11. The number of nitrogens with one attached hydrogen (secondary N) is 2. The highest BCUT2D eigenvalue weighted by atomic mass is 16.3. The van der Waals surface area contributed by atoms with Gasteiger partial charge >= 0.3 is 0 Å². The Morgan fingerprint density at radius 3 is 2.25 bits per heavy atom. The predicted molar refractivity (Wildman–Crippen MR) is 82.7 cm³/mol. The number of hydrogen-bond acceptors (Lipinski definition) is 3. The first-order chi connectivity index (χ1) is 9.47. The van der Waals surface area contributed by atoms with Crippen molar-refractivity contribution in [1.82, 2.24) is 5.32 Å². The molecule has 1 amide bonds. The molecular weight excluding hydrogens is 252 g/mol. The van der Waals surface area contributed by atoms with Crippen LogP contribution < -0.4 is 10.6 Å². The Bertz CT molecular complexity index is 417. The van der Waals surface area contributed by atoms with Gasteiger partial charge in [-0.15, -0.1) is 0 Å². The minimum Gasteiger partial charge on any atom is -0.387 e. The van der Waals surface area contributed by atoms with E-state index in [-0.39, 0.29) is 11.9 Å². The van der Waals surface area contributed by atoms with Crippen LogP contribution in [0, 0.1) is 0 Å². The average molecular weight is 278 g/mol. The molecule has 0 aliphatic rings. The van der Waals surface area contributed by atoms with E-state index < -0.39 is 6.10 Å². The van der Waals surface area contributed by atoms with Gasteiger partial charge in [-0.25, -0.2) is 0 Å². The van der Waals surface area contributed by atoms with Gasteiger partial charge in [-0.05, 0) is 37.5 Å². The second-order valence-electron chi connectivity index (χ2n) is 5.24. The molecule has 3 atom stereocenters. The van der Waals surface area contributed by atoms with E-state index in [9.17, 15) is 9.90 Å². The van der Waals surface area contributed by atoms with Crippen LogP contribution in [0.5, 0.6) is 0 Å². The number of anilines is 1. The van der Waals surface area contributed by atoms with E-state index in [1.54, 1.807) is 0 Å². The van der Waals surface area contributed by atoms with E-state index in [0.717, 1.165) is 24.1 Å². The molecule has 0 spiro atoms. The maximum Gasteiger partial charge on any atom is 0.221 e. The second-order valence-corrected chi connectivity index (χ2v) is 5.24. The van der Waals surface area contributed by atoms with Crippen molar-refractivity contribution in [2.75, 3.05) is 5.32 Å². The smallest absolute Gasteiger partial charge is 0.221 e. The van der Waals surface area contributed by atoms with E-state index in [2.05, 4.69) is 31.4 Å². The van der Waals surface area contributed by atoms with Gasteiger partial charge in [-0.3, -0.25) is 4.79 Å². The molecule has 112 valence electrons. The summed E-state index contributed by atoms with van der Waals surface area (Å²) in [6.45, 7) is 7.79. The summed E-state index contributed by atoms with van der Waals surface area (Å²) < 4.78 is 0. The van der Waals surface area contributed by atoms with Crippen LogP contribution in [-0.4, -0.2) is 23.1 Å². The predicted octanol–water partition coefficient (Wildman–Crippen LogP) is 2.85. The Labute approximate surface area is 121 Å². The molecule has 3 unspecified atom stereocenters. The van der Waals surface area contributed by atoms with Crippen molar-refractivity contribution < 1.29 is 9.90 Å². The number of benzene rings is 1. The molecule has 0 aromatic heterocycles. The first-order valence-corrected chi connectivity index (χ1v) is 7.29. The molecule has 1 rings (SSSR count). The first-order valence-electron chi connectivity index (χ1n) is 7.29. The molecule has 0 saturated heterocycles. The molecule has 0 heterocycles. The summed E-state index contributed by atoms with van der Waals surface area (Å²) in [4.78, 5) is 11.0. The molecule has 4 heteroatoms. The van der Waals surface area contributed by atoms with E-state index >= 15 is 0 Å². The maximum absolute atomic E-state index is 11.0. The van der Waals surface area contributed by atoms with E-state index in [4.69, 9.17) is 0 Å². The highest BCUT2D eigenvalue weighted by Gasteiger charge is 2.20. The summed E-state index contributed by atoms with van der Waals surface area (Å²) in [6, 6.07) is 7.77. The minimum atomic E-state index is -0.541. The molecule has 0 saturated carbocycles. The molecule has 0 radical (unpaired) electrons. The fraction of sp³-hybridized carbons (Fsp3) is 0.562. The Kier molecular flexibility index (Phi) is 6.68. The Morgan fingerprint density at radius 2 is 1.80 bits per heavy atom. The van der Waals surface area contributed by atoms with Crippen LogP contribution in [0.4, 0.5) is 5.69 Å². The Morgan fingerprint density at radius 1 is 1.20 bits per heavy atom. The third kappa shape index (κ3) is 4.94. The van der Waals surface area contributed by atoms with Gasteiger partial charge in [0.05, 0.1) is 6.10 Å². The molecule has 4 nitrogen and oxygen atoms in total. The van der Waals surface area contributed by atoms with Crippen molar-refractivity contribution in [3.8, 4) is 0 Å². The zero-order valence-corrected chi connectivity index (χ0v) is 12.8. The molecule has 0 aliphatic carbocycles. The lowest BCUT2D eigenvalue weighted by Crippen LogP contribution is -2.40. The van der Waals surface area contributed by atoms with Crippen LogP contribution in [0.3, 0.4) is 0 Å². The molecule has 0 fully saturated rings. The first kappa shape index (κ1) is 16.7. The van der Waals surface area contributed by atoms with Gasteiger partial charge in [-0.2, -0.15) is 0 Å². The number of aliphatic hydroxyl groups is 1. The topological polar surface area (TPSA) is 61.4 Å². The summed E-state index contributed by atoms with van der Waals surface area (Å²) in [5, 5.41) is 16.6. The highest BCUT2D eigenvalue weighted by Crippen LogP contribution is 2.21. The van der Waals surface area contributed by atoms with Gasteiger partial charge in [0.1, 0.15) is 0 Å². The van der Waals surface area contributed by atoms with Crippen molar-refractivity contribution in [3.63, 3.8) is 0 Å². The molecule has 1 aromatic rings. The van der Waals surface area contributed by atoms with Crippen LogP contribution in [0.15, 0.2) is 24.3 Å². The summed E-state index contributed by atoms with van der Waals surface area (Å²) in [6.07, 6.45) is 1.35. The van der Waals surface area contributed by atoms with Crippen molar-refractivity contribution in [1.29, 1.82) is 0 Å². The molecule has 20 heavy (non-hydrogen) atoms. The summed E-state index contributed by atoms with van der Waals surface area (Å²) in [5.74, 6) is -0.0943. The van der Waals surface area contributed by atoms with Crippen LogP contribution in [0.2, 0.25) is 0 Å². The highest BCUT2D eigenvalue weighted by molar-refractivity contribution is 5.88. The number of carbonyl (C=O) groups is 1. The number of aliphatic hydroxyl groups excluding tert-OH is 1. The lowest BCUT2D eigenvalue weighted by molar-refractivity contribution is -0.114. The third-order valence-electron chi connectivity index (χ3n) is 3.50.